The number of carbonyl (C=O) groups is 5. The van der Waals surface area contributed by atoms with Crippen molar-refractivity contribution >= 4 is 41.5 Å². The van der Waals surface area contributed by atoms with E-state index >= 15 is 0 Å². The van der Waals surface area contributed by atoms with Crippen LogP contribution in [0.1, 0.15) is 77.0 Å². The van der Waals surface area contributed by atoms with Crippen LogP contribution in [0.3, 0.4) is 0 Å². The first-order valence-corrected chi connectivity index (χ1v) is 17.0. The van der Waals surface area contributed by atoms with Crippen molar-refractivity contribution in [2.24, 2.45) is 56.0 Å². The molecule has 1 saturated carbocycles. The van der Waals surface area contributed by atoms with E-state index in [1.54, 1.807) is 0 Å². The molecule has 1 aliphatic heterocycles. The van der Waals surface area contributed by atoms with Gasteiger partial charge in [-0.25, -0.2) is 4.79 Å². The van der Waals surface area contributed by atoms with Crippen molar-refractivity contribution in [2.45, 2.75) is 113 Å². The zero-order valence-corrected chi connectivity index (χ0v) is 28.2. The summed E-state index contributed by atoms with van der Waals surface area (Å²) in [5.74, 6) is -3.32. The summed E-state index contributed by atoms with van der Waals surface area (Å²) in [7, 11) is 0. The van der Waals surface area contributed by atoms with Crippen LogP contribution in [-0.2, 0) is 24.0 Å². The van der Waals surface area contributed by atoms with E-state index in [4.69, 9.17) is 40.1 Å². The summed E-state index contributed by atoms with van der Waals surface area (Å²) < 4.78 is 0. The number of carbonyl (C=O) groups excluding carboxylic acids is 4. The zero-order valence-electron chi connectivity index (χ0n) is 28.2. The fraction of sp³-hybridized carbons (Fsp3) is 0.767. The predicted molar refractivity (Wildman–Crippen MR) is 184 cm³/mol. The molecule has 49 heavy (non-hydrogen) atoms. The molecule has 19 heteroatoms. The lowest BCUT2D eigenvalue weighted by Gasteiger charge is -2.36. The van der Waals surface area contributed by atoms with E-state index in [2.05, 4.69) is 25.9 Å². The van der Waals surface area contributed by atoms with Gasteiger partial charge in [0, 0.05) is 25.7 Å². The summed E-state index contributed by atoms with van der Waals surface area (Å²) in [4.78, 5) is 74.3. The van der Waals surface area contributed by atoms with Crippen molar-refractivity contribution in [3.05, 3.63) is 0 Å². The highest BCUT2D eigenvalue weighted by Crippen LogP contribution is 2.40. The summed E-state index contributed by atoms with van der Waals surface area (Å²) in [5, 5.41) is 17.7. The quantitative estimate of drug-likeness (QED) is 0.0312. The number of aliphatic carboxylic acids is 1. The average molecular weight is 696 g/mol. The SMILES string of the molecule is NCC[C@H](NC(=O)[C@@H](N)CCNC(=O)[C@@H](N)CCCCN=C(N)N)C(=O)N1C2CCCCC2C[C@H]1C(=O)N[C@@H](CCCN=C(N)N)C(=O)O. The number of nitrogens with two attached hydrogens (primary N) is 7. The minimum absolute atomic E-state index is 0.00170. The Bertz CT molecular complexity index is 1180. The van der Waals surface area contributed by atoms with Crippen molar-refractivity contribution in [3.8, 4) is 0 Å². The molecule has 0 aromatic heterocycles. The lowest BCUT2D eigenvalue weighted by molar-refractivity contribution is -0.146. The summed E-state index contributed by atoms with van der Waals surface area (Å²) in [6.45, 7) is 0.793. The van der Waals surface area contributed by atoms with Crippen LogP contribution in [0.25, 0.3) is 0 Å². The number of amides is 4. The van der Waals surface area contributed by atoms with E-state index in [9.17, 15) is 29.1 Å². The van der Waals surface area contributed by atoms with Gasteiger partial charge in [-0.3, -0.25) is 29.2 Å². The van der Waals surface area contributed by atoms with Crippen molar-refractivity contribution in [2.75, 3.05) is 26.2 Å². The molecule has 2 aliphatic rings. The van der Waals surface area contributed by atoms with Crippen LogP contribution in [0.4, 0.5) is 0 Å². The van der Waals surface area contributed by atoms with E-state index < -0.39 is 53.9 Å². The highest BCUT2D eigenvalue weighted by molar-refractivity contribution is 5.95. The second kappa shape index (κ2) is 21.0. The molecule has 2 unspecified atom stereocenters. The molecule has 19 nitrogen and oxygen atoms in total. The van der Waals surface area contributed by atoms with Gasteiger partial charge in [-0.15, -0.1) is 0 Å². The van der Waals surface area contributed by atoms with Crippen LogP contribution >= 0.6 is 0 Å². The van der Waals surface area contributed by atoms with Gasteiger partial charge in [-0.05, 0) is 76.7 Å². The third-order valence-electron chi connectivity index (χ3n) is 8.92. The second-order valence-electron chi connectivity index (χ2n) is 12.7. The Morgan fingerprint density at radius 3 is 2.04 bits per heavy atom. The first kappa shape index (κ1) is 40.9. The van der Waals surface area contributed by atoms with Crippen LogP contribution < -0.4 is 56.1 Å². The molecule has 1 heterocycles. The van der Waals surface area contributed by atoms with Gasteiger partial charge >= 0.3 is 5.97 Å². The summed E-state index contributed by atoms with van der Waals surface area (Å²) in [6.07, 6.45) is 6.03. The van der Waals surface area contributed by atoms with E-state index in [0.29, 0.717) is 45.1 Å². The number of nitrogens with zero attached hydrogens (tertiary/aromatic N) is 3. The van der Waals surface area contributed by atoms with E-state index in [0.717, 1.165) is 19.3 Å². The van der Waals surface area contributed by atoms with Crippen LogP contribution in [0.5, 0.6) is 0 Å². The Morgan fingerprint density at radius 2 is 1.41 bits per heavy atom. The Balaban J connectivity index is 2.02. The average Bonchev–Trinajstić information content (AvgIpc) is 3.44. The number of carboxylic acids is 1. The number of hydrogen-bond donors (Lipinski definition) is 11. The third kappa shape index (κ3) is 13.7. The minimum Gasteiger partial charge on any atom is -0.480 e. The highest BCUT2D eigenvalue weighted by Gasteiger charge is 2.49. The van der Waals surface area contributed by atoms with Crippen molar-refractivity contribution in [3.63, 3.8) is 0 Å². The minimum atomic E-state index is -1.22. The molecule has 0 aromatic rings. The summed E-state index contributed by atoms with van der Waals surface area (Å²) in [5.41, 5.74) is 39.1. The van der Waals surface area contributed by atoms with Crippen LogP contribution in [-0.4, -0.2) is 114 Å². The fourth-order valence-corrected chi connectivity index (χ4v) is 6.35. The molecule has 0 aromatic carbocycles. The molecule has 1 aliphatic carbocycles. The second-order valence-corrected chi connectivity index (χ2v) is 12.7. The lowest BCUT2D eigenvalue weighted by atomic mass is 9.84. The zero-order chi connectivity index (χ0) is 36.5. The smallest absolute Gasteiger partial charge is 0.326 e. The monoisotopic (exact) mass is 695 g/mol. The van der Waals surface area contributed by atoms with Crippen LogP contribution in [0, 0.1) is 5.92 Å². The van der Waals surface area contributed by atoms with Crippen molar-refractivity contribution in [1.82, 2.24) is 20.9 Å². The third-order valence-corrected chi connectivity index (χ3v) is 8.92. The molecule has 7 atom stereocenters. The number of aliphatic imine (C=N–C) groups is 2. The number of guanidine groups is 2. The Morgan fingerprint density at radius 1 is 0.776 bits per heavy atom. The van der Waals surface area contributed by atoms with Gasteiger partial charge in [0.1, 0.15) is 18.1 Å². The molecule has 1 saturated heterocycles. The number of fused-ring (bicyclic) bond motifs is 1. The van der Waals surface area contributed by atoms with Gasteiger partial charge in [0.05, 0.1) is 12.1 Å². The maximum atomic E-state index is 14.1. The normalized spacial score (nSPS) is 20.9. The van der Waals surface area contributed by atoms with E-state index in [1.807, 2.05) is 0 Å². The highest BCUT2D eigenvalue weighted by atomic mass is 16.4. The first-order valence-electron chi connectivity index (χ1n) is 17.0. The van der Waals surface area contributed by atoms with Crippen LogP contribution in [0.2, 0.25) is 0 Å². The number of unbranched alkanes of at least 4 members (excludes halogenated alkanes) is 1. The number of nitrogens with one attached hydrogen (secondary N) is 3. The Kier molecular flexibility index (Phi) is 17.5. The van der Waals surface area contributed by atoms with Gasteiger partial charge in [0.2, 0.25) is 23.6 Å². The predicted octanol–water partition coefficient (Wildman–Crippen LogP) is -3.79. The van der Waals surface area contributed by atoms with Gasteiger partial charge in [-0.2, -0.15) is 0 Å². The molecular weight excluding hydrogens is 638 g/mol. The maximum Gasteiger partial charge on any atom is 0.326 e. The first-order chi connectivity index (χ1) is 23.3. The number of rotatable bonds is 21. The Labute approximate surface area is 286 Å². The van der Waals surface area contributed by atoms with Gasteiger partial charge in [0.25, 0.3) is 0 Å². The van der Waals surface area contributed by atoms with Crippen molar-refractivity contribution < 1.29 is 29.1 Å². The van der Waals surface area contributed by atoms with Gasteiger partial charge < -0.3 is 66.1 Å². The molecule has 4 amide bonds. The molecule has 0 bridgehead atoms. The summed E-state index contributed by atoms with van der Waals surface area (Å²) in [6, 6.07) is -5.22. The molecule has 2 fully saturated rings. The molecule has 2 rings (SSSR count). The van der Waals surface area contributed by atoms with Gasteiger partial charge in [-0.1, -0.05) is 12.8 Å². The van der Waals surface area contributed by atoms with Gasteiger partial charge in [0.15, 0.2) is 11.9 Å². The maximum absolute atomic E-state index is 14.1. The topological polar surface area (TPSA) is 352 Å². The lowest BCUT2D eigenvalue weighted by Crippen LogP contribution is -2.59. The molecule has 0 radical (unpaired) electrons. The molecule has 18 N–H and O–H groups in total. The summed E-state index contributed by atoms with van der Waals surface area (Å²) >= 11 is 0. The van der Waals surface area contributed by atoms with Crippen molar-refractivity contribution in [1.29, 1.82) is 0 Å². The fourth-order valence-electron chi connectivity index (χ4n) is 6.35. The Hall–Kier alpha value is -4.23. The van der Waals surface area contributed by atoms with E-state index in [-0.39, 0.29) is 68.7 Å². The largest absolute Gasteiger partial charge is 0.480 e. The van der Waals surface area contributed by atoms with E-state index in [1.165, 1.54) is 4.90 Å². The molecular formula is C30H57N13O6. The number of carboxylic acid groups (broad SMARTS) is 1. The number of likely N-dealkylation sites (tertiary alicyclic amines) is 1. The number of hydrogen-bond acceptors (Lipinski definition) is 10. The molecule has 278 valence electrons. The standard InChI is InChI=1S/C30H57N13O6/c31-12-10-20(41-25(45)19(33)11-15-38-24(44)18(32)7-3-4-13-39-29(34)35)27(47)43-22-9-2-1-6-17(22)16-23(43)26(46)42-21(28(48)49)8-5-14-40-30(36)37/h17-23H,1-16,31-33H2,(H,38,44)(H,41,45)(H,42,46)(H,48,49)(H4,34,35,39)(H4,36,37,40)/t17?,18-,19-,20-,21-,22?,23-/m0/s1. The van der Waals surface area contributed by atoms with Crippen LogP contribution in [0.15, 0.2) is 9.98 Å². The molecule has 0 spiro atoms.